The Morgan fingerprint density at radius 3 is 2.67 bits per heavy atom. The maximum absolute atomic E-state index is 12.9. The summed E-state index contributed by atoms with van der Waals surface area (Å²) in [6, 6.07) is 5.90. The van der Waals surface area contributed by atoms with Crippen molar-refractivity contribution in [2.45, 2.75) is 12.1 Å². The van der Waals surface area contributed by atoms with Crippen LogP contribution in [-0.4, -0.2) is 28.3 Å². The molecular formula is C13H16FN3O. The summed E-state index contributed by atoms with van der Waals surface area (Å²) < 4.78 is 14.7. The van der Waals surface area contributed by atoms with Crippen LogP contribution < -0.4 is 5.32 Å². The summed E-state index contributed by atoms with van der Waals surface area (Å²) in [4.78, 5) is 3.95. The lowest BCUT2D eigenvalue weighted by atomic mass is 9.93. The van der Waals surface area contributed by atoms with Gasteiger partial charge in [0.05, 0.1) is 12.9 Å². The third kappa shape index (κ3) is 2.75. The fourth-order valence-corrected chi connectivity index (χ4v) is 1.98. The van der Waals surface area contributed by atoms with Crippen LogP contribution >= 0.6 is 0 Å². The summed E-state index contributed by atoms with van der Waals surface area (Å²) in [7, 11) is 1.77. The van der Waals surface area contributed by atoms with E-state index in [4.69, 9.17) is 0 Å². The molecule has 1 unspecified atom stereocenters. The van der Waals surface area contributed by atoms with Crippen LogP contribution in [0.15, 0.2) is 43.0 Å². The average molecular weight is 249 g/mol. The van der Waals surface area contributed by atoms with E-state index in [9.17, 15) is 9.50 Å². The number of benzene rings is 1. The molecule has 1 heterocycles. The van der Waals surface area contributed by atoms with Crippen LogP contribution in [0.2, 0.25) is 0 Å². The van der Waals surface area contributed by atoms with Crippen molar-refractivity contribution in [3.63, 3.8) is 0 Å². The second-order valence-electron chi connectivity index (χ2n) is 4.30. The number of hydrogen-bond donors (Lipinski definition) is 2. The van der Waals surface area contributed by atoms with Gasteiger partial charge in [0.1, 0.15) is 11.4 Å². The van der Waals surface area contributed by atoms with Crippen molar-refractivity contribution >= 4 is 0 Å². The molecule has 4 nitrogen and oxygen atoms in total. The molecule has 0 saturated carbocycles. The van der Waals surface area contributed by atoms with Crippen molar-refractivity contribution < 1.29 is 9.50 Å². The minimum absolute atomic E-state index is 0.312. The molecule has 1 atom stereocenters. The molecule has 0 radical (unpaired) electrons. The molecule has 2 rings (SSSR count). The van der Waals surface area contributed by atoms with Gasteiger partial charge in [-0.15, -0.1) is 0 Å². The fraction of sp³-hybridized carbons (Fsp3) is 0.308. The number of imidazole rings is 1. The lowest BCUT2D eigenvalue weighted by Crippen LogP contribution is -2.40. The van der Waals surface area contributed by atoms with Crippen LogP contribution in [0, 0.1) is 5.82 Å². The summed E-state index contributed by atoms with van der Waals surface area (Å²) in [6.07, 6.45) is 5.08. The molecule has 0 aliphatic heterocycles. The summed E-state index contributed by atoms with van der Waals surface area (Å²) in [6.45, 7) is 0.732. The Morgan fingerprint density at radius 1 is 1.39 bits per heavy atom. The van der Waals surface area contributed by atoms with Gasteiger partial charge in [-0.3, -0.25) is 0 Å². The average Bonchev–Trinajstić information content (AvgIpc) is 2.82. The van der Waals surface area contributed by atoms with Crippen molar-refractivity contribution in [3.8, 4) is 0 Å². The van der Waals surface area contributed by atoms with E-state index >= 15 is 0 Å². The zero-order valence-electron chi connectivity index (χ0n) is 10.2. The highest BCUT2D eigenvalue weighted by atomic mass is 19.1. The van der Waals surface area contributed by atoms with Crippen LogP contribution in [0.4, 0.5) is 4.39 Å². The zero-order valence-corrected chi connectivity index (χ0v) is 10.2. The molecule has 18 heavy (non-hydrogen) atoms. The highest BCUT2D eigenvalue weighted by Crippen LogP contribution is 2.23. The number of aromatic nitrogens is 2. The van der Waals surface area contributed by atoms with Crippen molar-refractivity contribution in [1.29, 1.82) is 0 Å². The van der Waals surface area contributed by atoms with Gasteiger partial charge in [-0.1, -0.05) is 12.1 Å². The fourth-order valence-electron chi connectivity index (χ4n) is 1.98. The van der Waals surface area contributed by atoms with Crippen LogP contribution in [0.25, 0.3) is 0 Å². The minimum Gasteiger partial charge on any atom is -0.382 e. The van der Waals surface area contributed by atoms with E-state index in [2.05, 4.69) is 10.3 Å². The quantitative estimate of drug-likeness (QED) is 0.835. The van der Waals surface area contributed by atoms with Gasteiger partial charge in [-0.25, -0.2) is 9.37 Å². The van der Waals surface area contributed by atoms with Crippen LogP contribution in [-0.2, 0) is 12.1 Å². The first kappa shape index (κ1) is 12.7. The normalized spacial score (nSPS) is 14.4. The van der Waals surface area contributed by atoms with Crippen molar-refractivity contribution in [3.05, 3.63) is 54.4 Å². The van der Waals surface area contributed by atoms with Gasteiger partial charge < -0.3 is 15.0 Å². The Bertz CT molecular complexity index is 483. The summed E-state index contributed by atoms with van der Waals surface area (Å²) in [5.74, 6) is -0.312. The monoisotopic (exact) mass is 249 g/mol. The van der Waals surface area contributed by atoms with E-state index in [1.807, 2.05) is 0 Å². The number of halogens is 1. The maximum atomic E-state index is 12.9. The zero-order chi connectivity index (χ0) is 13.0. The topological polar surface area (TPSA) is 50.1 Å². The molecule has 2 N–H and O–H groups in total. The van der Waals surface area contributed by atoms with E-state index in [0.717, 1.165) is 0 Å². The molecule has 0 aliphatic rings. The molecule has 0 fully saturated rings. The van der Waals surface area contributed by atoms with E-state index < -0.39 is 5.60 Å². The lowest BCUT2D eigenvalue weighted by Gasteiger charge is -2.29. The molecule has 1 aromatic heterocycles. The molecule has 0 spiro atoms. The predicted octanol–water partition coefficient (Wildman–Crippen LogP) is 1.13. The third-order valence-corrected chi connectivity index (χ3v) is 2.85. The second kappa shape index (κ2) is 5.29. The van der Waals surface area contributed by atoms with Gasteiger partial charge in [0.2, 0.25) is 0 Å². The Balaban J connectivity index is 2.28. The van der Waals surface area contributed by atoms with Gasteiger partial charge in [0.25, 0.3) is 0 Å². The van der Waals surface area contributed by atoms with Crippen molar-refractivity contribution in [1.82, 2.24) is 14.9 Å². The van der Waals surface area contributed by atoms with Crippen LogP contribution in [0.5, 0.6) is 0 Å². The molecule has 0 aliphatic carbocycles. The molecule has 1 aromatic carbocycles. The molecule has 2 aromatic rings. The van der Waals surface area contributed by atoms with Gasteiger partial charge in [0, 0.05) is 18.9 Å². The van der Waals surface area contributed by atoms with Gasteiger partial charge in [-0.2, -0.15) is 0 Å². The molecule has 0 bridgehead atoms. The predicted molar refractivity (Wildman–Crippen MR) is 66.5 cm³/mol. The standard InChI is InChI=1S/C13H16FN3O/c1-15-8-13(18,9-17-7-6-16-10-17)11-2-4-12(14)5-3-11/h2-7,10,15,18H,8-9H2,1H3. The van der Waals surface area contributed by atoms with E-state index in [1.54, 1.807) is 42.5 Å². The maximum Gasteiger partial charge on any atom is 0.123 e. The van der Waals surface area contributed by atoms with E-state index in [-0.39, 0.29) is 5.82 Å². The summed E-state index contributed by atoms with van der Waals surface area (Å²) in [5, 5.41) is 13.7. The Kier molecular flexibility index (Phi) is 3.74. The van der Waals surface area contributed by atoms with Crippen LogP contribution in [0.3, 0.4) is 0 Å². The molecule has 0 amide bonds. The van der Waals surface area contributed by atoms with Gasteiger partial charge in [0.15, 0.2) is 0 Å². The smallest absolute Gasteiger partial charge is 0.123 e. The summed E-state index contributed by atoms with van der Waals surface area (Å²) >= 11 is 0. The van der Waals surface area contributed by atoms with Crippen LogP contribution in [0.1, 0.15) is 5.56 Å². The first-order valence-electron chi connectivity index (χ1n) is 5.73. The first-order valence-corrected chi connectivity index (χ1v) is 5.73. The van der Waals surface area contributed by atoms with E-state index in [0.29, 0.717) is 18.7 Å². The number of hydrogen-bond acceptors (Lipinski definition) is 3. The molecule has 0 saturated heterocycles. The second-order valence-corrected chi connectivity index (χ2v) is 4.30. The number of likely N-dealkylation sites (N-methyl/N-ethyl adjacent to an activating group) is 1. The minimum atomic E-state index is -1.09. The largest absolute Gasteiger partial charge is 0.382 e. The lowest BCUT2D eigenvalue weighted by molar-refractivity contribution is 0.0205. The van der Waals surface area contributed by atoms with Crippen molar-refractivity contribution in [2.75, 3.05) is 13.6 Å². The number of aliphatic hydroxyl groups is 1. The SMILES string of the molecule is CNCC(O)(Cn1ccnc1)c1ccc(F)cc1. The Morgan fingerprint density at radius 2 is 2.11 bits per heavy atom. The number of rotatable bonds is 5. The number of nitrogens with one attached hydrogen (secondary N) is 1. The molecular weight excluding hydrogens is 233 g/mol. The Labute approximate surface area is 105 Å². The Hall–Kier alpha value is -1.72. The molecule has 5 heteroatoms. The van der Waals surface area contributed by atoms with Gasteiger partial charge in [-0.05, 0) is 24.7 Å². The number of nitrogens with zero attached hydrogens (tertiary/aromatic N) is 2. The highest BCUT2D eigenvalue weighted by molar-refractivity contribution is 5.23. The summed E-state index contributed by atoms with van der Waals surface area (Å²) in [5.41, 5.74) is -0.421. The third-order valence-electron chi connectivity index (χ3n) is 2.85. The first-order chi connectivity index (χ1) is 8.64. The highest BCUT2D eigenvalue weighted by Gasteiger charge is 2.29. The van der Waals surface area contributed by atoms with Crippen molar-refractivity contribution in [2.24, 2.45) is 0 Å². The van der Waals surface area contributed by atoms with E-state index in [1.165, 1.54) is 12.1 Å². The van der Waals surface area contributed by atoms with Gasteiger partial charge >= 0.3 is 0 Å². The molecule has 96 valence electrons.